The zero-order valence-electron chi connectivity index (χ0n) is 15.5. The highest BCUT2D eigenvalue weighted by Gasteiger charge is 2.12. The van der Waals surface area contributed by atoms with E-state index in [9.17, 15) is 0 Å². The van der Waals surface area contributed by atoms with Gasteiger partial charge in [0.1, 0.15) is 0 Å². The smallest absolute Gasteiger partial charge is 0.229 e. The molecular formula is C20H22Cl2N6. The monoisotopic (exact) mass is 416 g/mol. The minimum atomic E-state index is 0.0899. The van der Waals surface area contributed by atoms with Crippen molar-refractivity contribution in [3.8, 4) is 0 Å². The summed E-state index contributed by atoms with van der Waals surface area (Å²) in [5.74, 6) is 1.04. The molecule has 0 saturated carbocycles. The van der Waals surface area contributed by atoms with Crippen molar-refractivity contribution in [3.05, 3.63) is 69.7 Å². The van der Waals surface area contributed by atoms with Gasteiger partial charge in [-0.1, -0.05) is 66.5 Å². The minimum absolute atomic E-state index is 0.0899. The van der Waals surface area contributed by atoms with E-state index in [0.717, 1.165) is 24.0 Å². The maximum atomic E-state index is 6.05. The zero-order valence-corrected chi connectivity index (χ0v) is 17.0. The molecule has 8 heteroatoms. The number of aromatic nitrogens is 3. The van der Waals surface area contributed by atoms with E-state index in [4.69, 9.17) is 28.9 Å². The summed E-state index contributed by atoms with van der Waals surface area (Å²) in [5.41, 5.74) is 8.09. The molecule has 3 aromatic rings. The predicted molar refractivity (Wildman–Crippen MR) is 116 cm³/mol. The van der Waals surface area contributed by atoms with E-state index in [1.54, 1.807) is 6.07 Å². The molecule has 4 N–H and O–H groups in total. The number of nitrogens with one attached hydrogen (secondary N) is 2. The van der Waals surface area contributed by atoms with Crippen molar-refractivity contribution in [3.63, 3.8) is 0 Å². The van der Waals surface area contributed by atoms with Crippen molar-refractivity contribution in [1.29, 1.82) is 0 Å². The van der Waals surface area contributed by atoms with E-state index in [2.05, 4.69) is 44.6 Å². The van der Waals surface area contributed by atoms with Crippen LogP contribution in [0.15, 0.2) is 48.5 Å². The van der Waals surface area contributed by atoms with Crippen LogP contribution in [0.4, 0.5) is 17.8 Å². The summed E-state index contributed by atoms with van der Waals surface area (Å²) in [6, 6.07) is 15.8. The van der Waals surface area contributed by atoms with E-state index < -0.39 is 0 Å². The topological polar surface area (TPSA) is 88.8 Å². The van der Waals surface area contributed by atoms with Gasteiger partial charge in [0.15, 0.2) is 0 Å². The molecule has 0 radical (unpaired) electrons. The van der Waals surface area contributed by atoms with E-state index >= 15 is 0 Å². The Kier molecular flexibility index (Phi) is 6.90. The van der Waals surface area contributed by atoms with Gasteiger partial charge in [-0.05, 0) is 36.1 Å². The Labute approximate surface area is 174 Å². The molecule has 6 nitrogen and oxygen atoms in total. The van der Waals surface area contributed by atoms with Crippen LogP contribution in [-0.2, 0) is 6.42 Å². The van der Waals surface area contributed by atoms with Gasteiger partial charge in [-0.2, -0.15) is 15.0 Å². The fourth-order valence-corrected chi connectivity index (χ4v) is 3.13. The second-order valence-electron chi connectivity index (χ2n) is 6.28. The Bertz CT molecular complexity index is 920. The quantitative estimate of drug-likeness (QED) is 0.479. The summed E-state index contributed by atoms with van der Waals surface area (Å²) in [7, 11) is 0. The third-order valence-electron chi connectivity index (χ3n) is 4.25. The first-order valence-electron chi connectivity index (χ1n) is 9.06. The standard InChI is InChI=1S/C20H22Cl2N6/c1-2-17(14-6-4-3-5-7-14)25-20-27-18(23)26-19(28-20)24-11-10-13-8-9-15(21)16(22)12-13/h3-9,12,17H,2,10-11H2,1H3,(H4,23,24,25,26,27,28)/t17-/m0/s1. The van der Waals surface area contributed by atoms with Crippen LogP contribution in [0, 0.1) is 0 Å². The van der Waals surface area contributed by atoms with Gasteiger partial charge >= 0.3 is 0 Å². The van der Waals surface area contributed by atoms with E-state index in [1.807, 2.05) is 30.3 Å². The molecule has 1 aromatic heterocycles. The highest BCUT2D eigenvalue weighted by molar-refractivity contribution is 6.42. The van der Waals surface area contributed by atoms with Gasteiger partial charge in [0, 0.05) is 6.54 Å². The molecule has 0 bridgehead atoms. The molecule has 2 aromatic carbocycles. The number of hydrogen-bond acceptors (Lipinski definition) is 6. The van der Waals surface area contributed by atoms with Gasteiger partial charge < -0.3 is 16.4 Å². The van der Waals surface area contributed by atoms with Crippen LogP contribution in [0.25, 0.3) is 0 Å². The lowest BCUT2D eigenvalue weighted by molar-refractivity contribution is 0.737. The third-order valence-corrected chi connectivity index (χ3v) is 4.99. The Morgan fingerprint density at radius 2 is 1.71 bits per heavy atom. The summed E-state index contributed by atoms with van der Waals surface area (Å²) in [5, 5.41) is 7.60. The van der Waals surface area contributed by atoms with Gasteiger partial charge in [-0.15, -0.1) is 0 Å². The highest BCUT2D eigenvalue weighted by atomic mass is 35.5. The second kappa shape index (κ2) is 9.57. The fraction of sp³-hybridized carbons (Fsp3) is 0.250. The van der Waals surface area contributed by atoms with Crippen molar-refractivity contribution in [2.75, 3.05) is 22.9 Å². The van der Waals surface area contributed by atoms with Crippen LogP contribution in [-0.4, -0.2) is 21.5 Å². The summed E-state index contributed by atoms with van der Waals surface area (Å²) in [6.07, 6.45) is 1.63. The molecule has 0 spiro atoms. The maximum Gasteiger partial charge on any atom is 0.229 e. The number of rotatable bonds is 8. The molecule has 1 atom stereocenters. The SMILES string of the molecule is CC[C@H](Nc1nc(N)nc(NCCc2ccc(Cl)c(Cl)c2)n1)c1ccccc1. The lowest BCUT2D eigenvalue weighted by Gasteiger charge is -2.18. The number of nitrogen functional groups attached to an aromatic ring is 1. The number of hydrogen-bond donors (Lipinski definition) is 3. The van der Waals surface area contributed by atoms with Crippen molar-refractivity contribution >= 4 is 41.0 Å². The Hall–Kier alpha value is -2.57. The van der Waals surface area contributed by atoms with Crippen LogP contribution in [0.3, 0.4) is 0 Å². The van der Waals surface area contributed by atoms with Gasteiger partial charge in [-0.3, -0.25) is 0 Å². The molecule has 0 amide bonds. The van der Waals surface area contributed by atoms with Gasteiger partial charge in [0.25, 0.3) is 0 Å². The van der Waals surface area contributed by atoms with Crippen LogP contribution < -0.4 is 16.4 Å². The van der Waals surface area contributed by atoms with Crippen LogP contribution in [0.2, 0.25) is 10.0 Å². The van der Waals surface area contributed by atoms with Crippen molar-refractivity contribution < 1.29 is 0 Å². The number of nitrogens with zero attached hydrogens (tertiary/aromatic N) is 3. The summed E-state index contributed by atoms with van der Waals surface area (Å²) >= 11 is 12.0. The Morgan fingerprint density at radius 1 is 0.964 bits per heavy atom. The lowest BCUT2D eigenvalue weighted by atomic mass is 10.1. The molecule has 1 heterocycles. The van der Waals surface area contributed by atoms with Crippen LogP contribution in [0.1, 0.15) is 30.5 Å². The average Bonchev–Trinajstić information content (AvgIpc) is 2.69. The number of nitrogens with two attached hydrogens (primary N) is 1. The number of benzene rings is 2. The molecular weight excluding hydrogens is 395 g/mol. The molecule has 0 aliphatic carbocycles. The van der Waals surface area contributed by atoms with Crippen molar-refractivity contribution in [1.82, 2.24) is 15.0 Å². The fourth-order valence-electron chi connectivity index (χ4n) is 2.81. The largest absolute Gasteiger partial charge is 0.368 e. The molecule has 28 heavy (non-hydrogen) atoms. The predicted octanol–water partition coefficient (Wildman–Crippen LogP) is 4.98. The molecule has 0 fully saturated rings. The summed E-state index contributed by atoms with van der Waals surface area (Å²) in [6.45, 7) is 2.72. The first kappa shape index (κ1) is 20.2. The molecule has 0 unspecified atom stereocenters. The molecule has 0 aliphatic rings. The van der Waals surface area contributed by atoms with Crippen molar-refractivity contribution in [2.24, 2.45) is 0 Å². The van der Waals surface area contributed by atoms with Crippen LogP contribution >= 0.6 is 23.2 Å². The normalized spacial score (nSPS) is 11.8. The molecule has 0 aliphatic heterocycles. The lowest BCUT2D eigenvalue weighted by Crippen LogP contribution is -2.16. The Morgan fingerprint density at radius 3 is 2.43 bits per heavy atom. The third kappa shape index (κ3) is 5.47. The minimum Gasteiger partial charge on any atom is -0.368 e. The van der Waals surface area contributed by atoms with Gasteiger partial charge in [0.05, 0.1) is 16.1 Å². The second-order valence-corrected chi connectivity index (χ2v) is 7.10. The number of anilines is 3. The van der Waals surface area contributed by atoms with E-state index in [0.29, 0.717) is 28.5 Å². The summed E-state index contributed by atoms with van der Waals surface area (Å²) < 4.78 is 0. The van der Waals surface area contributed by atoms with Crippen molar-refractivity contribution in [2.45, 2.75) is 25.8 Å². The summed E-state index contributed by atoms with van der Waals surface area (Å²) in [4.78, 5) is 12.8. The van der Waals surface area contributed by atoms with E-state index in [1.165, 1.54) is 0 Å². The average molecular weight is 417 g/mol. The molecule has 3 rings (SSSR count). The van der Waals surface area contributed by atoms with Gasteiger partial charge in [0.2, 0.25) is 17.8 Å². The molecule has 0 saturated heterocycles. The number of halogens is 2. The highest BCUT2D eigenvalue weighted by Crippen LogP contribution is 2.23. The Balaban J connectivity index is 1.64. The molecule has 146 valence electrons. The van der Waals surface area contributed by atoms with Crippen LogP contribution in [0.5, 0.6) is 0 Å². The van der Waals surface area contributed by atoms with E-state index in [-0.39, 0.29) is 12.0 Å². The maximum absolute atomic E-state index is 6.05. The van der Waals surface area contributed by atoms with Gasteiger partial charge in [-0.25, -0.2) is 0 Å². The first-order valence-corrected chi connectivity index (χ1v) is 9.81. The zero-order chi connectivity index (χ0) is 19.9. The first-order chi connectivity index (χ1) is 13.5.